The van der Waals surface area contributed by atoms with Crippen LogP contribution in [-0.4, -0.2) is 24.6 Å². The third-order valence-electron chi connectivity index (χ3n) is 5.34. The largest absolute Gasteiger partial charge is 0.487 e. The van der Waals surface area contributed by atoms with E-state index in [0.29, 0.717) is 40.1 Å². The van der Waals surface area contributed by atoms with E-state index in [0.717, 1.165) is 17.6 Å². The number of barbiturate groups is 1. The summed E-state index contributed by atoms with van der Waals surface area (Å²) in [5.41, 5.74) is 1.68. The van der Waals surface area contributed by atoms with E-state index >= 15 is 0 Å². The summed E-state index contributed by atoms with van der Waals surface area (Å²) in [5, 5.41) is 2.68. The van der Waals surface area contributed by atoms with Crippen LogP contribution in [0.4, 0.5) is 10.5 Å². The van der Waals surface area contributed by atoms with Gasteiger partial charge in [-0.25, -0.2) is 9.69 Å². The maximum atomic E-state index is 13.1. The first-order valence-corrected chi connectivity index (χ1v) is 13.0. The van der Waals surface area contributed by atoms with Crippen LogP contribution in [0.15, 0.2) is 60.2 Å². The molecular weight excluding hydrogens is 714 g/mol. The van der Waals surface area contributed by atoms with Crippen molar-refractivity contribution < 1.29 is 28.6 Å². The van der Waals surface area contributed by atoms with Gasteiger partial charge in [0.15, 0.2) is 11.5 Å². The number of amides is 4. The lowest BCUT2D eigenvalue weighted by molar-refractivity contribution is -0.122. The molecule has 36 heavy (non-hydrogen) atoms. The van der Waals surface area contributed by atoms with Gasteiger partial charge >= 0.3 is 6.03 Å². The lowest BCUT2D eigenvalue weighted by Crippen LogP contribution is -2.54. The van der Waals surface area contributed by atoms with Gasteiger partial charge in [0.2, 0.25) is 6.79 Å². The van der Waals surface area contributed by atoms with E-state index < -0.39 is 17.8 Å². The van der Waals surface area contributed by atoms with E-state index in [1.165, 1.54) is 18.2 Å². The zero-order chi connectivity index (χ0) is 25.4. The molecule has 3 aromatic carbocycles. The fourth-order valence-electron chi connectivity index (χ4n) is 3.64. The van der Waals surface area contributed by atoms with E-state index in [1.807, 2.05) is 18.2 Å². The number of carbonyl (C=O) groups excluding carboxylic acids is 3. The summed E-state index contributed by atoms with van der Waals surface area (Å²) < 4.78 is 18.4. The molecule has 8 nitrogen and oxygen atoms in total. The van der Waals surface area contributed by atoms with Crippen LogP contribution in [0, 0.1) is 7.14 Å². The second kappa shape index (κ2) is 10.3. The van der Waals surface area contributed by atoms with Gasteiger partial charge in [-0.05, 0) is 111 Å². The van der Waals surface area contributed by atoms with Crippen molar-refractivity contribution in [2.24, 2.45) is 0 Å². The zero-order valence-corrected chi connectivity index (χ0v) is 23.3. The Morgan fingerprint density at radius 2 is 1.67 bits per heavy atom. The number of nitrogens with one attached hydrogen (secondary N) is 1. The third kappa shape index (κ3) is 5.02. The number of carbonyl (C=O) groups is 3. The summed E-state index contributed by atoms with van der Waals surface area (Å²) in [4.78, 5) is 38.9. The van der Waals surface area contributed by atoms with E-state index in [1.54, 1.807) is 24.3 Å². The number of anilines is 1. The van der Waals surface area contributed by atoms with Crippen molar-refractivity contribution in [1.82, 2.24) is 5.32 Å². The number of ether oxygens (including phenoxy) is 3. The summed E-state index contributed by atoms with van der Waals surface area (Å²) in [6, 6.07) is 14.6. The van der Waals surface area contributed by atoms with E-state index in [-0.39, 0.29) is 12.4 Å². The molecule has 2 aliphatic rings. The second-order valence-corrected chi connectivity index (χ2v) is 10.5. The van der Waals surface area contributed by atoms with Gasteiger partial charge in [-0.2, -0.15) is 0 Å². The average molecular weight is 729 g/mol. The highest BCUT2D eigenvalue weighted by molar-refractivity contribution is 14.1. The van der Waals surface area contributed by atoms with Crippen LogP contribution in [0.1, 0.15) is 11.1 Å². The Labute approximate surface area is 237 Å². The molecule has 182 valence electrons. The van der Waals surface area contributed by atoms with Crippen molar-refractivity contribution in [3.05, 3.63) is 83.5 Å². The second-order valence-electron chi connectivity index (χ2n) is 7.72. The van der Waals surface area contributed by atoms with Crippen LogP contribution in [0.25, 0.3) is 6.08 Å². The number of nitrogens with zero attached hydrogens (tertiary/aromatic N) is 1. The summed E-state index contributed by atoms with van der Waals surface area (Å²) >= 11 is 10.2. The van der Waals surface area contributed by atoms with Crippen molar-refractivity contribution in [2.45, 2.75) is 6.61 Å². The molecule has 2 heterocycles. The molecule has 1 fully saturated rings. The molecule has 5 rings (SSSR count). The Morgan fingerprint density at radius 1 is 0.972 bits per heavy atom. The van der Waals surface area contributed by atoms with E-state index in [2.05, 4.69) is 50.5 Å². The molecule has 0 unspecified atom stereocenters. The van der Waals surface area contributed by atoms with Gasteiger partial charge in [0.05, 0.1) is 12.8 Å². The van der Waals surface area contributed by atoms with Crippen LogP contribution in [0.2, 0.25) is 5.02 Å². The molecule has 0 saturated carbocycles. The first-order chi connectivity index (χ1) is 17.3. The van der Waals surface area contributed by atoms with Crippen LogP contribution >= 0.6 is 56.8 Å². The summed E-state index contributed by atoms with van der Waals surface area (Å²) in [6.45, 7) is 0.528. The molecule has 4 amide bonds. The first kappa shape index (κ1) is 24.8. The molecule has 0 radical (unpaired) electrons. The Bertz CT molecular complexity index is 1420. The molecule has 0 aromatic heterocycles. The highest BCUT2D eigenvalue weighted by Gasteiger charge is 2.36. The van der Waals surface area contributed by atoms with Crippen LogP contribution < -0.4 is 24.4 Å². The van der Waals surface area contributed by atoms with Crippen molar-refractivity contribution in [3.63, 3.8) is 0 Å². The zero-order valence-electron chi connectivity index (χ0n) is 18.2. The standard InChI is InChI=1S/C25H15ClI2N2O6/c26-15-2-4-16(5-3-15)30-24(32)17(23(31)29-25(30)33)7-14-8-18(27)22(19(28)9-14)34-11-13-1-6-20-21(10-13)36-12-35-20/h1-10H,11-12H2,(H,29,31,33)/b17-7+. The number of urea groups is 1. The molecule has 2 aliphatic heterocycles. The van der Waals surface area contributed by atoms with Crippen molar-refractivity contribution in [3.8, 4) is 17.2 Å². The van der Waals surface area contributed by atoms with Crippen molar-refractivity contribution >= 4 is 86.4 Å². The number of imide groups is 2. The maximum Gasteiger partial charge on any atom is 0.335 e. The van der Waals surface area contributed by atoms with E-state index in [4.69, 9.17) is 25.8 Å². The van der Waals surface area contributed by atoms with Gasteiger partial charge in [0, 0.05) is 5.02 Å². The predicted octanol–water partition coefficient (Wildman–Crippen LogP) is 5.52. The van der Waals surface area contributed by atoms with Gasteiger partial charge in [-0.15, -0.1) is 0 Å². The Morgan fingerprint density at radius 3 is 2.39 bits per heavy atom. The quantitative estimate of drug-likeness (QED) is 0.211. The number of rotatable bonds is 5. The first-order valence-electron chi connectivity index (χ1n) is 10.5. The van der Waals surface area contributed by atoms with Crippen LogP contribution in [-0.2, 0) is 16.2 Å². The highest BCUT2D eigenvalue weighted by Crippen LogP contribution is 2.34. The Balaban J connectivity index is 1.38. The number of hydrogen-bond donors (Lipinski definition) is 1. The minimum absolute atomic E-state index is 0.162. The van der Waals surface area contributed by atoms with Crippen molar-refractivity contribution in [1.29, 1.82) is 0 Å². The summed E-state index contributed by atoms with van der Waals surface area (Å²) in [7, 11) is 0. The molecule has 1 saturated heterocycles. The number of benzene rings is 3. The molecule has 0 atom stereocenters. The monoisotopic (exact) mass is 728 g/mol. The number of halogens is 3. The van der Waals surface area contributed by atoms with Gasteiger partial charge < -0.3 is 14.2 Å². The fraction of sp³-hybridized carbons (Fsp3) is 0.0800. The molecule has 3 aromatic rings. The fourth-order valence-corrected chi connectivity index (χ4v) is 5.89. The minimum atomic E-state index is -0.819. The molecule has 1 N–H and O–H groups in total. The van der Waals surface area contributed by atoms with E-state index in [9.17, 15) is 14.4 Å². The molecular formula is C25H15ClI2N2O6. The highest BCUT2D eigenvalue weighted by atomic mass is 127. The predicted molar refractivity (Wildman–Crippen MR) is 149 cm³/mol. The Hall–Kier alpha value is -2.84. The average Bonchev–Trinajstić information content (AvgIpc) is 3.30. The molecule has 0 aliphatic carbocycles. The van der Waals surface area contributed by atoms with Gasteiger partial charge in [0.1, 0.15) is 17.9 Å². The summed E-state index contributed by atoms with van der Waals surface area (Å²) in [5.74, 6) is 0.581. The number of hydrogen-bond acceptors (Lipinski definition) is 6. The van der Waals surface area contributed by atoms with Crippen LogP contribution in [0.3, 0.4) is 0 Å². The third-order valence-corrected chi connectivity index (χ3v) is 7.19. The minimum Gasteiger partial charge on any atom is -0.487 e. The smallest absolute Gasteiger partial charge is 0.335 e. The van der Waals surface area contributed by atoms with Crippen molar-refractivity contribution in [2.75, 3.05) is 11.7 Å². The van der Waals surface area contributed by atoms with Gasteiger partial charge in [0.25, 0.3) is 11.8 Å². The Kier molecular flexibility index (Phi) is 7.08. The number of fused-ring (bicyclic) bond motifs is 1. The molecule has 0 bridgehead atoms. The molecule has 11 heteroatoms. The summed E-state index contributed by atoms with van der Waals surface area (Å²) in [6.07, 6.45) is 1.46. The van der Waals surface area contributed by atoms with Crippen LogP contribution in [0.5, 0.6) is 17.2 Å². The normalized spacial score (nSPS) is 15.9. The lowest BCUT2D eigenvalue weighted by Gasteiger charge is -2.26. The SMILES string of the molecule is O=C1NC(=O)N(c2ccc(Cl)cc2)C(=O)/C1=C/c1cc(I)c(OCc2ccc3c(c2)OCO3)c(I)c1. The topological polar surface area (TPSA) is 94.2 Å². The lowest BCUT2D eigenvalue weighted by atomic mass is 10.1. The van der Waals surface area contributed by atoms with Gasteiger partial charge in [-0.1, -0.05) is 17.7 Å². The molecule has 0 spiro atoms. The maximum absolute atomic E-state index is 13.1. The van der Waals surface area contributed by atoms with Gasteiger partial charge in [-0.3, -0.25) is 14.9 Å².